The summed E-state index contributed by atoms with van der Waals surface area (Å²) < 4.78 is 5.53. The molecule has 0 spiro atoms. The van der Waals surface area contributed by atoms with Gasteiger partial charge in [0, 0.05) is 23.0 Å². The Morgan fingerprint density at radius 1 is 1.13 bits per heavy atom. The smallest absolute Gasteiger partial charge is 0.319 e. The normalized spacial score (nSPS) is 10.1. The van der Waals surface area contributed by atoms with E-state index in [9.17, 15) is 9.90 Å². The number of rotatable bonds is 7. The van der Waals surface area contributed by atoms with Crippen molar-refractivity contribution in [2.75, 3.05) is 17.7 Å². The van der Waals surface area contributed by atoms with Gasteiger partial charge in [-0.15, -0.1) is 11.6 Å². The number of nitrogens with one attached hydrogen (secondary N) is 2. The third kappa shape index (κ3) is 6.30. The van der Waals surface area contributed by atoms with Crippen molar-refractivity contribution in [2.24, 2.45) is 0 Å². The Hall–Kier alpha value is -2.05. The molecule has 0 atom stereocenters. The van der Waals surface area contributed by atoms with Crippen molar-refractivity contribution >= 4 is 35.4 Å². The van der Waals surface area contributed by atoms with Crippen molar-refractivity contribution in [3.05, 3.63) is 48.5 Å². The standard InChI is InChI=1S/C16H17ClN2O3S/c17-10-1-11-18-16(21)19-12-2-8-15(9-3-12)23-22-14-6-4-13(20)5-7-14/h2-9,20H,1,10-11H2,(H2,18,19,21). The van der Waals surface area contributed by atoms with E-state index in [0.29, 0.717) is 23.9 Å². The van der Waals surface area contributed by atoms with Crippen LogP contribution in [0.25, 0.3) is 0 Å². The SMILES string of the molecule is O=C(NCCCCl)Nc1ccc(SOc2ccc(O)cc2)cc1. The second kappa shape index (κ2) is 9.17. The first-order valence-electron chi connectivity index (χ1n) is 7.02. The van der Waals surface area contributed by atoms with Crippen LogP contribution in [0.5, 0.6) is 11.5 Å². The van der Waals surface area contributed by atoms with Crippen molar-refractivity contribution in [3.63, 3.8) is 0 Å². The number of aromatic hydroxyl groups is 1. The van der Waals surface area contributed by atoms with E-state index < -0.39 is 0 Å². The average Bonchev–Trinajstić information content (AvgIpc) is 2.56. The number of hydrogen-bond acceptors (Lipinski definition) is 4. The molecule has 0 aliphatic rings. The van der Waals surface area contributed by atoms with Gasteiger partial charge in [0.2, 0.25) is 0 Å². The lowest BCUT2D eigenvalue weighted by molar-refractivity contribution is 0.252. The number of amides is 2. The zero-order valence-corrected chi connectivity index (χ0v) is 13.9. The topological polar surface area (TPSA) is 70.6 Å². The molecular formula is C16H17ClN2O3S. The van der Waals surface area contributed by atoms with Crippen LogP contribution >= 0.6 is 23.6 Å². The first-order valence-corrected chi connectivity index (χ1v) is 8.29. The third-order valence-electron chi connectivity index (χ3n) is 2.78. The van der Waals surface area contributed by atoms with Crippen molar-refractivity contribution in [1.82, 2.24) is 5.32 Å². The highest BCUT2D eigenvalue weighted by Crippen LogP contribution is 2.25. The largest absolute Gasteiger partial charge is 0.508 e. The molecule has 0 unspecified atom stereocenters. The molecule has 0 saturated heterocycles. The van der Waals surface area contributed by atoms with E-state index >= 15 is 0 Å². The van der Waals surface area contributed by atoms with Gasteiger partial charge in [0.05, 0.1) is 12.0 Å². The predicted molar refractivity (Wildman–Crippen MR) is 93.4 cm³/mol. The average molecular weight is 353 g/mol. The molecule has 7 heteroatoms. The van der Waals surface area contributed by atoms with Crippen LogP contribution in [0.1, 0.15) is 6.42 Å². The van der Waals surface area contributed by atoms with E-state index in [4.69, 9.17) is 15.8 Å². The molecule has 0 aromatic heterocycles. The second-order valence-corrected chi connectivity index (χ2v) is 5.79. The minimum absolute atomic E-state index is 0.196. The van der Waals surface area contributed by atoms with Gasteiger partial charge in [-0.05, 0) is 55.0 Å². The fraction of sp³-hybridized carbons (Fsp3) is 0.188. The molecule has 3 N–H and O–H groups in total. The molecule has 2 amide bonds. The summed E-state index contributed by atoms with van der Waals surface area (Å²) in [6.07, 6.45) is 0.735. The van der Waals surface area contributed by atoms with Crippen LogP contribution in [0, 0.1) is 0 Å². The quantitative estimate of drug-likeness (QED) is 0.396. The lowest BCUT2D eigenvalue weighted by Gasteiger charge is -2.08. The van der Waals surface area contributed by atoms with Crippen LogP contribution in [-0.2, 0) is 0 Å². The van der Waals surface area contributed by atoms with E-state index in [2.05, 4.69) is 10.6 Å². The number of carbonyl (C=O) groups is 1. The lowest BCUT2D eigenvalue weighted by Crippen LogP contribution is -2.29. The maximum Gasteiger partial charge on any atom is 0.319 e. The summed E-state index contributed by atoms with van der Waals surface area (Å²) in [5, 5.41) is 14.7. The van der Waals surface area contributed by atoms with Crippen LogP contribution in [0.4, 0.5) is 10.5 Å². The number of phenols is 1. The van der Waals surface area contributed by atoms with Crippen LogP contribution in [0.3, 0.4) is 0 Å². The molecule has 0 heterocycles. The summed E-state index contributed by atoms with van der Waals surface area (Å²) >= 11 is 6.75. The maximum atomic E-state index is 11.6. The Labute approximate surface area is 144 Å². The van der Waals surface area contributed by atoms with Crippen molar-refractivity contribution in [2.45, 2.75) is 11.3 Å². The molecule has 0 saturated carbocycles. The van der Waals surface area contributed by atoms with Crippen molar-refractivity contribution in [3.8, 4) is 11.5 Å². The van der Waals surface area contributed by atoms with Gasteiger partial charge in [-0.25, -0.2) is 4.79 Å². The number of alkyl halides is 1. The summed E-state index contributed by atoms with van der Waals surface area (Å²) in [4.78, 5) is 12.5. The van der Waals surface area contributed by atoms with Gasteiger partial charge in [-0.1, -0.05) is 0 Å². The Bertz CT molecular complexity index is 620. The van der Waals surface area contributed by atoms with Crippen molar-refractivity contribution in [1.29, 1.82) is 0 Å². The van der Waals surface area contributed by atoms with E-state index in [1.165, 1.54) is 12.0 Å². The molecule has 2 aromatic rings. The van der Waals surface area contributed by atoms with E-state index in [-0.39, 0.29) is 11.8 Å². The number of anilines is 1. The highest BCUT2D eigenvalue weighted by molar-refractivity contribution is 7.95. The fourth-order valence-electron chi connectivity index (χ4n) is 1.64. The predicted octanol–water partition coefficient (Wildman–Crippen LogP) is 4.23. The summed E-state index contributed by atoms with van der Waals surface area (Å²) in [6, 6.07) is 13.5. The Morgan fingerprint density at radius 2 is 1.83 bits per heavy atom. The molecule has 0 radical (unpaired) electrons. The van der Waals surface area contributed by atoms with Gasteiger partial charge in [-0.3, -0.25) is 0 Å². The Balaban J connectivity index is 1.79. The fourth-order valence-corrected chi connectivity index (χ4v) is 2.32. The zero-order chi connectivity index (χ0) is 16.5. The lowest BCUT2D eigenvalue weighted by atomic mass is 10.3. The summed E-state index contributed by atoms with van der Waals surface area (Å²) in [7, 11) is 0. The van der Waals surface area contributed by atoms with Gasteiger partial charge in [0.1, 0.15) is 11.5 Å². The van der Waals surface area contributed by atoms with Crippen LogP contribution in [0.15, 0.2) is 53.4 Å². The van der Waals surface area contributed by atoms with Crippen LogP contribution < -0.4 is 14.8 Å². The number of phenolic OH excluding ortho intramolecular Hbond substituents is 1. The van der Waals surface area contributed by atoms with Gasteiger partial charge in [0.25, 0.3) is 0 Å². The number of benzene rings is 2. The monoisotopic (exact) mass is 352 g/mol. The highest BCUT2D eigenvalue weighted by atomic mass is 35.5. The molecule has 2 aromatic carbocycles. The first kappa shape index (κ1) is 17.3. The molecule has 0 aliphatic carbocycles. The second-order valence-electron chi connectivity index (χ2n) is 4.61. The molecule has 0 fully saturated rings. The number of hydrogen-bond donors (Lipinski definition) is 3. The number of halogens is 1. The molecule has 122 valence electrons. The van der Waals surface area contributed by atoms with E-state index in [0.717, 1.165) is 11.3 Å². The molecule has 23 heavy (non-hydrogen) atoms. The third-order valence-corrected chi connectivity index (χ3v) is 3.79. The molecular weight excluding hydrogens is 336 g/mol. The number of urea groups is 1. The van der Waals surface area contributed by atoms with Gasteiger partial charge >= 0.3 is 6.03 Å². The molecule has 0 aliphatic heterocycles. The Morgan fingerprint density at radius 3 is 2.48 bits per heavy atom. The van der Waals surface area contributed by atoms with E-state index in [1.54, 1.807) is 36.4 Å². The highest BCUT2D eigenvalue weighted by Gasteiger charge is 2.02. The first-order chi connectivity index (χ1) is 11.2. The summed E-state index contributed by atoms with van der Waals surface area (Å²) in [5.74, 6) is 1.36. The Kier molecular flexibility index (Phi) is 6.90. The summed E-state index contributed by atoms with van der Waals surface area (Å²) in [6.45, 7) is 0.545. The van der Waals surface area contributed by atoms with Gasteiger partial charge in [-0.2, -0.15) is 0 Å². The van der Waals surface area contributed by atoms with Crippen LogP contribution in [-0.4, -0.2) is 23.6 Å². The minimum Gasteiger partial charge on any atom is -0.508 e. The summed E-state index contributed by atoms with van der Waals surface area (Å²) in [5.41, 5.74) is 0.697. The molecule has 2 rings (SSSR count). The molecule has 0 bridgehead atoms. The van der Waals surface area contributed by atoms with Crippen LogP contribution in [0.2, 0.25) is 0 Å². The van der Waals surface area contributed by atoms with Gasteiger partial charge < -0.3 is 19.9 Å². The minimum atomic E-state index is -0.254. The van der Waals surface area contributed by atoms with Gasteiger partial charge in [0.15, 0.2) is 0 Å². The zero-order valence-electron chi connectivity index (χ0n) is 12.3. The maximum absolute atomic E-state index is 11.6. The van der Waals surface area contributed by atoms with E-state index in [1.807, 2.05) is 12.1 Å². The van der Waals surface area contributed by atoms with Crippen molar-refractivity contribution < 1.29 is 14.1 Å². The molecule has 5 nitrogen and oxygen atoms in total. The number of carbonyl (C=O) groups excluding carboxylic acids is 1.